The third kappa shape index (κ3) is 5.64. The van der Waals surface area contributed by atoms with Crippen LogP contribution in [0.3, 0.4) is 0 Å². The van der Waals surface area contributed by atoms with Gasteiger partial charge in [-0.1, -0.05) is 18.2 Å². The fraction of sp³-hybridized carbons (Fsp3) is 0.375. The Balaban J connectivity index is 1.25. The SMILES string of the molecule is O=C(COc1ccc(N2C[C@H](C(=O)NC[C@@H]3CCCO3)CC2=O)cc1)Nc1ccccc1. The molecule has 0 saturated carbocycles. The Kier molecular flexibility index (Phi) is 7.01. The number of ether oxygens (including phenoxy) is 2. The maximum Gasteiger partial charge on any atom is 0.262 e. The molecule has 2 aromatic carbocycles. The molecule has 8 nitrogen and oxygen atoms in total. The van der Waals surface area contributed by atoms with Crippen molar-refractivity contribution in [3.05, 3.63) is 54.6 Å². The van der Waals surface area contributed by atoms with Crippen LogP contribution < -0.4 is 20.3 Å². The Morgan fingerprint density at radius 2 is 1.88 bits per heavy atom. The highest BCUT2D eigenvalue weighted by Gasteiger charge is 2.35. The summed E-state index contributed by atoms with van der Waals surface area (Å²) in [6, 6.07) is 16.1. The standard InChI is InChI=1S/C24H27N3O5/c28-22(26-18-5-2-1-3-6-18)16-32-20-10-8-19(9-11-20)27-15-17(13-23(27)29)24(30)25-14-21-7-4-12-31-21/h1-3,5-6,8-11,17,21H,4,7,12-16H2,(H,25,30)(H,26,28)/t17-,21+/m1/s1. The van der Waals surface area contributed by atoms with Gasteiger partial charge in [0.25, 0.3) is 5.91 Å². The van der Waals surface area contributed by atoms with Gasteiger partial charge in [-0.25, -0.2) is 0 Å². The molecule has 2 aliphatic heterocycles. The van der Waals surface area contributed by atoms with Crippen molar-refractivity contribution in [1.82, 2.24) is 5.32 Å². The summed E-state index contributed by atoms with van der Waals surface area (Å²) < 4.78 is 11.1. The minimum atomic E-state index is -0.374. The fourth-order valence-corrected chi connectivity index (χ4v) is 3.89. The third-order valence-electron chi connectivity index (χ3n) is 5.60. The van der Waals surface area contributed by atoms with Crippen LogP contribution in [0, 0.1) is 5.92 Å². The average Bonchev–Trinajstić information content (AvgIpc) is 3.47. The highest BCUT2D eigenvalue weighted by molar-refractivity contribution is 6.00. The second-order valence-corrected chi connectivity index (χ2v) is 7.98. The quantitative estimate of drug-likeness (QED) is 0.661. The van der Waals surface area contributed by atoms with E-state index in [1.165, 1.54) is 0 Å². The normalized spacial score (nSPS) is 20.2. The molecular formula is C24H27N3O5. The van der Waals surface area contributed by atoms with E-state index in [-0.39, 0.29) is 42.8 Å². The van der Waals surface area contributed by atoms with E-state index in [0.29, 0.717) is 30.2 Å². The predicted molar refractivity (Wildman–Crippen MR) is 119 cm³/mol. The maximum absolute atomic E-state index is 12.5. The molecule has 2 atom stereocenters. The second kappa shape index (κ2) is 10.3. The molecule has 2 saturated heterocycles. The minimum Gasteiger partial charge on any atom is -0.484 e. The van der Waals surface area contributed by atoms with E-state index in [1.54, 1.807) is 41.3 Å². The Morgan fingerprint density at radius 3 is 2.59 bits per heavy atom. The number of nitrogens with one attached hydrogen (secondary N) is 2. The Labute approximate surface area is 186 Å². The van der Waals surface area contributed by atoms with E-state index in [4.69, 9.17) is 9.47 Å². The zero-order chi connectivity index (χ0) is 22.3. The lowest BCUT2D eigenvalue weighted by Crippen LogP contribution is -2.37. The zero-order valence-corrected chi connectivity index (χ0v) is 17.8. The van der Waals surface area contributed by atoms with Crippen LogP contribution in [0.5, 0.6) is 5.75 Å². The van der Waals surface area contributed by atoms with Crippen molar-refractivity contribution < 1.29 is 23.9 Å². The maximum atomic E-state index is 12.5. The van der Waals surface area contributed by atoms with E-state index >= 15 is 0 Å². The summed E-state index contributed by atoms with van der Waals surface area (Å²) >= 11 is 0. The third-order valence-corrected chi connectivity index (χ3v) is 5.60. The first-order valence-corrected chi connectivity index (χ1v) is 10.9. The summed E-state index contributed by atoms with van der Waals surface area (Å²) in [6.07, 6.45) is 2.25. The van der Waals surface area contributed by atoms with Gasteiger partial charge in [0, 0.05) is 37.5 Å². The number of anilines is 2. The van der Waals surface area contributed by atoms with Gasteiger partial charge in [-0.05, 0) is 49.2 Å². The van der Waals surface area contributed by atoms with E-state index in [2.05, 4.69) is 10.6 Å². The topological polar surface area (TPSA) is 97.0 Å². The molecule has 0 spiro atoms. The number of carbonyl (C=O) groups is 3. The Bertz CT molecular complexity index is 942. The lowest BCUT2D eigenvalue weighted by Gasteiger charge is -2.18. The molecule has 2 N–H and O–H groups in total. The van der Waals surface area contributed by atoms with Crippen LogP contribution in [0.2, 0.25) is 0 Å². The minimum absolute atomic E-state index is 0.0782. The van der Waals surface area contributed by atoms with Gasteiger partial charge in [-0.15, -0.1) is 0 Å². The molecule has 4 rings (SSSR count). The van der Waals surface area contributed by atoms with Gasteiger partial charge in [-0.2, -0.15) is 0 Å². The highest BCUT2D eigenvalue weighted by Crippen LogP contribution is 2.27. The number of hydrogen-bond acceptors (Lipinski definition) is 5. The lowest BCUT2D eigenvalue weighted by molar-refractivity contribution is -0.126. The van der Waals surface area contributed by atoms with Crippen molar-refractivity contribution in [2.75, 3.05) is 36.5 Å². The van der Waals surface area contributed by atoms with Crippen LogP contribution in [-0.2, 0) is 19.1 Å². The number of amides is 3. The van der Waals surface area contributed by atoms with E-state index in [1.807, 2.05) is 18.2 Å². The second-order valence-electron chi connectivity index (χ2n) is 7.98. The molecule has 0 aromatic heterocycles. The summed E-state index contributed by atoms with van der Waals surface area (Å²) in [5.41, 5.74) is 1.41. The van der Waals surface area contributed by atoms with Crippen molar-refractivity contribution in [1.29, 1.82) is 0 Å². The molecule has 3 amide bonds. The van der Waals surface area contributed by atoms with Gasteiger partial charge in [0.05, 0.1) is 12.0 Å². The van der Waals surface area contributed by atoms with Crippen molar-refractivity contribution in [2.45, 2.75) is 25.4 Å². The van der Waals surface area contributed by atoms with Gasteiger partial charge in [-0.3, -0.25) is 14.4 Å². The van der Waals surface area contributed by atoms with Gasteiger partial charge in [0.15, 0.2) is 6.61 Å². The number of para-hydroxylation sites is 1. The number of carbonyl (C=O) groups excluding carboxylic acids is 3. The lowest BCUT2D eigenvalue weighted by atomic mass is 10.1. The summed E-state index contributed by atoms with van der Waals surface area (Å²) in [6.45, 7) is 1.46. The van der Waals surface area contributed by atoms with Crippen molar-refractivity contribution in [3.63, 3.8) is 0 Å². The molecule has 0 unspecified atom stereocenters. The summed E-state index contributed by atoms with van der Waals surface area (Å²) in [5.74, 6) is -0.304. The van der Waals surface area contributed by atoms with Gasteiger partial charge < -0.3 is 25.0 Å². The monoisotopic (exact) mass is 437 g/mol. The van der Waals surface area contributed by atoms with Crippen LogP contribution in [0.15, 0.2) is 54.6 Å². The largest absolute Gasteiger partial charge is 0.484 e. The van der Waals surface area contributed by atoms with Crippen LogP contribution in [-0.4, -0.2) is 50.1 Å². The van der Waals surface area contributed by atoms with E-state index < -0.39 is 0 Å². The van der Waals surface area contributed by atoms with Crippen LogP contribution in [0.1, 0.15) is 19.3 Å². The highest BCUT2D eigenvalue weighted by atomic mass is 16.5. The molecule has 2 aliphatic rings. The van der Waals surface area contributed by atoms with Gasteiger partial charge in [0.1, 0.15) is 5.75 Å². The van der Waals surface area contributed by atoms with Crippen LogP contribution in [0.4, 0.5) is 11.4 Å². The molecule has 2 aromatic rings. The molecule has 0 bridgehead atoms. The van der Waals surface area contributed by atoms with Gasteiger partial charge >= 0.3 is 0 Å². The molecule has 0 radical (unpaired) electrons. The fourth-order valence-electron chi connectivity index (χ4n) is 3.89. The predicted octanol–water partition coefficient (Wildman–Crippen LogP) is 2.35. The summed E-state index contributed by atoms with van der Waals surface area (Å²) in [7, 11) is 0. The van der Waals surface area contributed by atoms with Crippen LogP contribution >= 0.6 is 0 Å². The smallest absolute Gasteiger partial charge is 0.262 e. The zero-order valence-electron chi connectivity index (χ0n) is 17.8. The number of rotatable bonds is 8. The van der Waals surface area contributed by atoms with Gasteiger partial charge in [0.2, 0.25) is 11.8 Å². The van der Waals surface area contributed by atoms with Crippen molar-refractivity contribution in [3.8, 4) is 5.75 Å². The molecular weight excluding hydrogens is 410 g/mol. The summed E-state index contributed by atoms with van der Waals surface area (Å²) in [4.78, 5) is 38.5. The first kappa shape index (κ1) is 21.8. The number of benzene rings is 2. The summed E-state index contributed by atoms with van der Waals surface area (Å²) in [5, 5.41) is 5.67. The average molecular weight is 437 g/mol. The Morgan fingerprint density at radius 1 is 1.09 bits per heavy atom. The molecule has 8 heteroatoms. The first-order chi connectivity index (χ1) is 15.6. The van der Waals surface area contributed by atoms with E-state index in [0.717, 1.165) is 19.4 Å². The van der Waals surface area contributed by atoms with E-state index in [9.17, 15) is 14.4 Å². The molecule has 2 fully saturated rings. The molecule has 0 aliphatic carbocycles. The number of hydrogen-bond donors (Lipinski definition) is 2. The molecule has 32 heavy (non-hydrogen) atoms. The number of nitrogens with zero attached hydrogens (tertiary/aromatic N) is 1. The van der Waals surface area contributed by atoms with Crippen molar-refractivity contribution >= 4 is 29.1 Å². The Hall–Kier alpha value is -3.39. The van der Waals surface area contributed by atoms with Crippen LogP contribution in [0.25, 0.3) is 0 Å². The molecule has 2 heterocycles. The molecule has 168 valence electrons. The van der Waals surface area contributed by atoms with Crippen molar-refractivity contribution in [2.24, 2.45) is 5.92 Å². The first-order valence-electron chi connectivity index (χ1n) is 10.9.